The van der Waals surface area contributed by atoms with Gasteiger partial charge in [0.05, 0.1) is 5.54 Å². The van der Waals surface area contributed by atoms with Gasteiger partial charge in [0.1, 0.15) is 5.60 Å². The fourth-order valence-corrected chi connectivity index (χ4v) is 2.91. The van der Waals surface area contributed by atoms with E-state index in [1.165, 1.54) is 12.8 Å². The van der Waals surface area contributed by atoms with Crippen LogP contribution < -0.4 is 5.73 Å². The molecule has 0 bridgehead atoms. The van der Waals surface area contributed by atoms with Crippen molar-refractivity contribution in [2.75, 3.05) is 13.1 Å². The highest BCUT2D eigenvalue weighted by Crippen LogP contribution is 2.43. The van der Waals surface area contributed by atoms with Crippen molar-refractivity contribution in [3.63, 3.8) is 0 Å². The van der Waals surface area contributed by atoms with Crippen LogP contribution in [0.1, 0.15) is 52.9 Å². The van der Waals surface area contributed by atoms with Gasteiger partial charge in [-0.25, -0.2) is 4.79 Å². The average molecular weight is 254 g/mol. The van der Waals surface area contributed by atoms with Crippen molar-refractivity contribution in [2.45, 2.75) is 64.0 Å². The van der Waals surface area contributed by atoms with Gasteiger partial charge in [0, 0.05) is 13.1 Å². The van der Waals surface area contributed by atoms with Gasteiger partial charge >= 0.3 is 6.09 Å². The van der Waals surface area contributed by atoms with Gasteiger partial charge in [-0.15, -0.1) is 0 Å². The molecule has 0 aromatic heterocycles. The Kier molecular flexibility index (Phi) is 3.58. The molecule has 18 heavy (non-hydrogen) atoms. The standard InChI is InChI=1S/C14H26N2O2/c1-13(2,3)18-12(17)16-8-4-7-14(16,10-15)9-11-5-6-11/h11H,4-10,15H2,1-3H3/t14-/m1/s1. The van der Waals surface area contributed by atoms with E-state index in [-0.39, 0.29) is 11.6 Å². The molecule has 1 saturated carbocycles. The smallest absolute Gasteiger partial charge is 0.410 e. The Bertz CT molecular complexity index is 320. The van der Waals surface area contributed by atoms with E-state index in [0.29, 0.717) is 6.54 Å². The third-order valence-corrected chi connectivity index (χ3v) is 3.96. The van der Waals surface area contributed by atoms with Gasteiger partial charge in [-0.05, 0) is 46.0 Å². The van der Waals surface area contributed by atoms with Gasteiger partial charge < -0.3 is 15.4 Å². The van der Waals surface area contributed by atoms with Crippen LogP contribution in [-0.4, -0.2) is 35.2 Å². The fourth-order valence-electron chi connectivity index (χ4n) is 2.91. The third kappa shape index (κ3) is 2.97. The van der Waals surface area contributed by atoms with Crippen molar-refractivity contribution < 1.29 is 9.53 Å². The van der Waals surface area contributed by atoms with Gasteiger partial charge in [0.25, 0.3) is 0 Å². The third-order valence-electron chi connectivity index (χ3n) is 3.96. The summed E-state index contributed by atoms with van der Waals surface area (Å²) in [6, 6.07) is 0. The lowest BCUT2D eigenvalue weighted by Gasteiger charge is -2.38. The molecule has 4 nitrogen and oxygen atoms in total. The minimum absolute atomic E-state index is 0.135. The van der Waals surface area contributed by atoms with Crippen LogP contribution in [0.3, 0.4) is 0 Å². The molecule has 0 spiro atoms. The number of likely N-dealkylation sites (tertiary alicyclic amines) is 1. The van der Waals surface area contributed by atoms with Crippen LogP contribution in [0.15, 0.2) is 0 Å². The van der Waals surface area contributed by atoms with Crippen LogP contribution in [0, 0.1) is 5.92 Å². The Morgan fingerprint density at radius 3 is 2.61 bits per heavy atom. The minimum atomic E-state index is -0.431. The zero-order valence-electron chi connectivity index (χ0n) is 11.9. The molecule has 0 unspecified atom stereocenters. The van der Waals surface area contributed by atoms with Crippen molar-refractivity contribution in [3.8, 4) is 0 Å². The lowest BCUT2D eigenvalue weighted by Crippen LogP contribution is -2.53. The predicted molar refractivity (Wildman–Crippen MR) is 71.3 cm³/mol. The summed E-state index contributed by atoms with van der Waals surface area (Å²) in [6.45, 7) is 7.07. The second-order valence-electron chi connectivity index (χ2n) is 6.81. The second-order valence-corrected chi connectivity index (χ2v) is 6.81. The maximum Gasteiger partial charge on any atom is 0.410 e. The maximum absolute atomic E-state index is 12.3. The first-order chi connectivity index (χ1) is 8.36. The molecule has 4 heteroatoms. The van der Waals surface area contributed by atoms with E-state index in [1.807, 2.05) is 25.7 Å². The molecule has 1 atom stereocenters. The number of nitrogens with two attached hydrogens (primary N) is 1. The first-order valence-corrected chi connectivity index (χ1v) is 7.07. The summed E-state index contributed by atoms with van der Waals surface area (Å²) in [4.78, 5) is 14.2. The van der Waals surface area contributed by atoms with E-state index in [9.17, 15) is 4.79 Å². The summed E-state index contributed by atoms with van der Waals surface area (Å²) in [5.74, 6) is 0.775. The van der Waals surface area contributed by atoms with Gasteiger partial charge in [-0.2, -0.15) is 0 Å². The molecule has 1 aliphatic heterocycles. The number of carbonyl (C=O) groups is 1. The van der Waals surface area contributed by atoms with E-state index in [4.69, 9.17) is 10.5 Å². The SMILES string of the molecule is CC(C)(C)OC(=O)N1CCC[C@]1(CN)CC1CC1. The molecule has 2 aliphatic rings. The van der Waals surface area contributed by atoms with E-state index < -0.39 is 5.60 Å². The lowest BCUT2D eigenvalue weighted by molar-refractivity contribution is 0.00675. The van der Waals surface area contributed by atoms with Crippen LogP contribution in [0.5, 0.6) is 0 Å². The Labute approximate surface area is 110 Å². The van der Waals surface area contributed by atoms with E-state index in [2.05, 4.69) is 0 Å². The molecular weight excluding hydrogens is 228 g/mol. The van der Waals surface area contributed by atoms with Gasteiger partial charge in [0.15, 0.2) is 0 Å². The Hall–Kier alpha value is -0.770. The maximum atomic E-state index is 12.3. The number of carbonyl (C=O) groups excluding carboxylic acids is 1. The highest BCUT2D eigenvalue weighted by molar-refractivity contribution is 5.69. The number of hydrogen-bond acceptors (Lipinski definition) is 3. The quantitative estimate of drug-likeness (QED) is 0.842. The van der Waals surface area contributed by atoms with E-state index in [1.54, 1.807) is 0 Å². The van der Waals surface area contributed by atoms with Crippen molar-refractivity contribution in [2.24, 2.45) is 11.7 Å². The van der Waals surface area contributed by atoms with Crippen LogP contribution in [0.4, 0.5) is 4.79 Å². The number of ether oxygens (including phenoxy) is 1. The number of rotatable bonds is 3. The lowest BCUT2D eigenvalue weighted by atomic mass is 9.90. The second kappa shape index (κ2) is 4.72. The molecule has 2 fully saturated rings. The number of amides is 1. The summed E-state index contributed by atoms with van der Waals surface area (Å²) in [5, 5.41) is 0. The fraction of sp³-hybridized carbons (Fsp3) is 0.929. The highest BCUT2D eigenvalue weighted by Gasteiger charge is 2.46. The van der Waals surface area contributed by atoms with Crippen LogP contribution in [-0.2, 0) is 4.74 Å². The van der Waals surface area contributed by atoms with E-state index >= 15 is 0 Å². The zero-order chi connectivity index (χ0) is 13.4. The Morgan fingerprint density at radius 2 is 2.11 bits per heavy atom. The molecule has 0 radical (unpaired) electrons. The molecule has 1 aliphatic carbocycles. The molecular formula is C14H26N2O2. The molecule has 1 heterocycles. The molecule has 104 valence electrons. The first-order valence-electron chi connectivity index (χ1n) is 7.07. The van der Waals surface area contributed by atoms with Crippen molar-refractivity contribution in [1.82, 2.24) is 4.90 Å². The average Bonchev–Trinajstić information content (AvgIpc) is 2.93. The summed E-state index contributed by atoms with van der Waals surface area (Å²) in [5.41, 5.74) is 5.42. The number of nitrogens with zero attached hydrogens (tertiary/aromatic N) is 1. The summed E-state index contributed by atoms with van der Waals surface area (Å²) < 4.78 is 5.51. The van der Waals surface area contributed by atoms with Gasteiger partial charge in [-0.3, -0.25) is 0 Å². The largest absolute Gasteiger partial charge is 0.444 e. The monoisotopic (exact) mass is 254 g/mol. The summed E-state index contributed by atoms with van der Waals surface area (Å²) in [7, 11) is 0. The molecule has 2 rings (SSSR count). The van der Waals surface area contributed by atoms with Gasteiger partial charge in [0.2, 0.25) is 0 Å². The highest BCUT2D eigenvalue weighted by atomic mass is 16.6. The van der Waals surface area contributed by atoms with Crippen LogP contribution in [0.25, 0.3) is 0 Å². The van der Waals surface area contributed by atoms with Crippen molar-refractivity contribution >= 4 is 6.09 Å². The molecule has 1 amide bonds. The Balaban J connectivity index is 2.06. The van der Waals surface area contributed by atoms with Gasteiger partial charge in [-0.1, -0.05) is 12.8 Å². The zero-order valence-corrected chi connectivity index (χ0v) is 11.9. The topological polar surface area (TPSA) is 55.6 Å². The minimum Gasteiger partial charge on any atom is -0.444 e. The number of hydrogen-bond donors (Lipinski definition) is 1. The normalized spacial score (nSPS) is 28.6. The van der Waals surface area contributed by atoms with E-state index in [0.717, 1.165) is 31.7 Å². The van der Waals surface area contributed by atoms with Crippen LogP contribution >= 0.6 is 0 Å². The molecule has 2 N–H and O–H groups in total. The first kappa shape index (κ1) is 13.7. The van der Waals surface area contributed by atoms with Crippen molar-refractivity contribution in [3.05, 3.63) is 0 Å². The molecule has 1 saturated heterocycles. The predicted octanol–water partition coefficient (Wildman–Crippen LogP) is 2.51. The molecule has 0 aromatic rings. The Morgan fingerprint density at radius 1 is 1.44 bits per heavy atom. The summed E-state index contributed by atoms with van der Waals surface area (Å²) >= 11 is 0. The summed E-state index contributed by atoms with van der Waals surface area (Å²) in [6.07, 6.45) is 5.53. The molecule has 0 aromatic carbocycles. The van der Waals surface area contributed by atoms with Crippen LogP contribution in [0.2, 0.25) is 0 Å². The van der Waals surface area contributed by atoms with Crippen molar-refractivity contribution in [1.29, 1.82) is 0 Å².